The second-order valence-corrected chi connectivity index (χ2v) is 3.00. The molecule has 2 aromatic rings. The summed E-state index contributed by atoms with van der Waals surface area (Å²) in [6, 6.07) is 0. The number of nitrogens with one attached hydrogen (secondary N) is 1. The van der Waals surface area contributed by atoms with Crippen LogP contribution in [0.15, 0.2) is 18.6 Å². The highest BCUT2D eigenvalue weighted by Gasteiger charge is 2.21. The second kappa shape index (κ2) is 4.17. The van der Waals surface area contributed by atoms with E-state index in [2.05, 4.69) is 20.3 Å². The maximum Gasteiger partial charge on any atom is 0.302 e. The summed E-state index contributed by atoms with van der Waals surface area (Å²) in [7, 11) is 0. The van der Waals surface area contributed by atoms with Gasteiger partial charge in [-0.3, -0.25) is 4.79 Å². The molecule has 0 radical (unpaired) electrons. The molecule has 1 N–H and O–H groups in total. The van der Waals surface area contributed by atoms with Crippen LogP contribution in [0.4, 0.5) is 8.78 Å². The van der Waals surface area contributed by atoms with E-state index in [4.69, 9.17) is 0 Å². The van der Waals surface area contributed by atoms with Gasteiger partial charge in [-0.25, -0.2) is 18.4 Å². The first-order valence-electron chi connectivity index (χ1n) is 4.37. The van der Waals surface area contributed by atoms with E-state index < -0.39 is 12.2 Å². The molecule has 0 amide bonds. The molecule has 16 heavy (non-hydrogen) atoms. The standard InChI is InChI=1S/C8H7F2N5O/c9-8(10)7(16)5-3-15(14-13-5)4-6-11-1-2-12-6/h1-3,8H,4H2,(H,11,12). The molecule has 0 atom stereocenters. The molecule has 0 unspecified atom stereocenters. The fourth-order valence-electron chi connectivity index (χ4n) is 1.14. The highest BCUT2D eigenvalue weighted by atomic mass is 19.3. The van der Waals surface area contributed by atoms with Gasteiger partial charge in [0.25, 0.3) is 5.78 Å². The molecular formula is C8H7F2N5O. The van der Waals surface area contributed by atoms with Crippen molar-refractivity contribution in [1.29, 1.82) is 0 Å². The number of halogens is 2. The number of H-pyrrole nitrogens is 1. The number of aromatic nitrogens is 5. The number of rotatable bonds is 4. The molecule has 0 aliphatic rings. The second-order valence-electron chi connectivity index (χ2n) is 3.00. The Morgan fingerprint density at radius 3 is 3.00 bits per heavy atom. The fourth-order valence-corrected chi connectivity index (χ4v) is 1.14. The van der Waals surface area contributed by atoms with Crippen molar-refractivity contribution in [2.24, 2.45) is 0 Å². The van der Waals surface area contributed by atoms with Crippen molar-refractivity contribution < 1.29 is 13.6 Å². The molecule has 0 aliphatic heterocycles. The molecule has 0 saturated heterocycles. The van der Waals surface area contributed by atoms with Crippen molar-refractivity contribution in [2.75, 3.05) is 0 Å². The van der Waals surface area contributed by atoms with E-state index in [0.29, 0.717) is 5.82 Å². The van der Waals surface area contributed by atoms with Gasteiger partial charge < -0.3 is 4.98 Å². The van der Waals surface area contributed by atoms with Crippen LogP contribution in [0.3, 0.4) is 0 Å². The lowest BCUT2D eigenvalue weighted by molar-refractivity contribution is 0.0673. The van der Waals surface area contributed by atoms with E-state index in [9.17, 15) is 13.6 Å². The first kappa shape index (κ1) is 10.4. The molecule has 0 bridgehead atoms. The Morgan fingerprint density at radius 1 is 1.56 bits per heavy atom. The van der Waals surface area contributed by atoms with Gasteiger partial charge in [-0.15, -0.1) is 5.10 Å². The minimum atomic E-state index is -3.06. The molecule has 0 spiro atoms. The molecule has 0 fully saturated rings. The number of alkyl halides is 2. The van der Waals surface area contributed by atoms with Crippen LogP contribution >= 0.6 is 0 Å². The van der Waals surface area contributed by atoms with Gasteiger partial charge >= 0.3 is 6.43 Å². The van der Waals surface area contributed by atoms with Crippen molar-refractivity contribution in [1.82, 2.24) is 25.0 Å². The van der Waals surface area contributed by atoms with Crippen molar-refractivity contribution in [2.45, 2.75) is 13.0 Å². The minimum Gasteiger partial charge on any atom is -0.347 e. The Bertz CT molecular complexity index is 478. The van der Waals surface area contributed by atoms with Crippen molar-refractivity contribution in [3.05, 3.63) is 30.1 Å². The van der Waals surface area contributed by atoms with Crippen molar-refractivity contribution in [3.63, 3.8) is 0 Å². The normalized spacial score (nSPS) is 10.9. The summed E-state index contributed by atoms with van der Waals surface area (Å²) >= 11 is 0. The first-order valence-corrected chi connectivity index (χ1v) is 4.37. The van der Waals surface area contributed by atoms with Crippen molar-refractivity contribution >= 4 is 5.78 Å². The molecule has 0 saturated carbocycles. The van der Waals surface area contributed by atoms with Gasteiger partial charge in [-0.05, 0) is 0 Å². The Labute approximate surface area is 88.3 Å². The number of carbonyl (C=O) groups excluding carboxylic acids is 1. The van der Waals surface area contributed by atoms with E-state index in [0.717, 1.165) is 6.20 Å². The van der Waals surface area contributed by atoms with Crippen LogP contribution in [0.5, 0.6) is 0 Å². The summed E-state index contributed by atoms with van der Waals surface area (Å²) in [5.41, 5.74) is -0.346. The maximum atomic E-state index is 12.1. The highest BCUT2D eigenvalue weighted by Crippen LogP contribution is 2.04. The third kappa shape index (κ3) is 2.10. The zero-order valence-electron chi connectivity index (χ0n) is 7.97. The van der Waals surface area contributed by atoms with E-state index in [1.807, 2.05) is 0 Å². The van der Waals surface area contributed by atoms with E-state index in [-0.39, 0.29) is 12.2 Å². The van der Waals surface area contributed by atoms with E-state index in [1.54, 1.807) is 12.4 Å². The van der Waals surface area contributed by atoms with Gasteiger partial charge in [-0.2, -0.15) is 0 Å². The van der Waals surface area contributed by atoms with Crippen LogP contribution in [0.25, 0.3) is 0 Å². The Balaban J connectivity index is 2.11. The number of hydrogen-bond donors (Lipinski definition) is 1. The quantitative estimate of drug-likeness (QED) is 0.771. The Morgan fingerprint density at radius 2 is 2.38 bits per heavy atom. The summed E-state index contributed by atoms with van der Waals surface area (Å²) in [5.74, 6) is -0.730. The van der Waals surface area contributed by atoms with Gasteiger partial charge in [-0.1, -0.05) is 5.21 Å². The number of hydrogen-bond acceptors (Lipinski definition) is 4. The zero-order valence-corrected chi connectivity index (χ0v) is 7.97. The zero-order chi connectivity index (χ0) is 11.5. The lowest BCUT2D eigenvalue weighted by Crippen LogP contribution is -2.10. The van der Waals surface area contributed by atoms with Crippen molar-refractivity contribution in [3.8, 4) is 0 Å². The molecule has 0 aliphatic carbocycles. The van der Waals surface area contributed by atoms with Crippen LogP contribution in [-0.4, -0.2) is 37.2 Å². The number of aromatic amines is 1. The summed E-state index contributed by atoms with van der Waals surface area (Å²) in [4.78, 5) is 17.6. The number of Topliss-reactive ketones (excluding diaryl/α,β-unsaturated/α-hetero) is 1. The average Bonchev–Trinajstić information content (AvgIpc) is 2.88. The monoisotopic (exact) mass is 227 g/mol. The molecular weight excluding hydrogens is 220 g/mol. The molecule has 2 heterocycles. The largest absolute Gasteiger partial charge is 0.347 e. The molecule has 0 aromatic carbocycles. The number of nitrogens with zero attached hydrogens (tertiary/aromatic N) is 4. The minimum absolute atomic E-state index is 0.247. The Kier molecular flexibility index (Phi) is 2.71. The lowest BCUT2D eigenvalue weighted by atomic mass is 10.3. The van der Waals surface area contributed by atoms with E-state index in [1.165, 1.54) is 4.68 Å². The fraction of sp³-hybridized carbons (Fsp3) is 0.250. The van der Waals surface area contributed by atoms with Crippen LogP contribution < -0.4 is 0 Å². The lowest BCUT2D eigenvalue weighted by Gasteiger charge is -1.94. The molecule has 2 aromatic heterocycles. The van der Waals surface area contributed by atoms with Gasteiger partial charge in [0.05, 0.1) is 6.20 Å². The number of ketones is 1. The molecule has 6 nitrogen and oxygen atoms in total. The summed E-state index contributed by atoms with van der Waals surface area (Å²) in [6.45, 7) is 0.247. The van der Waals surface area contributed by atoms with E-state index >= 15 is 0 Å². The van der Waals surface area contributed by atoms with Gasteiger partial charge in [0.15, 0.2) is 5.69 Å². The van der Waals surface area contributed by atoms with Gasteiger partial charge in [0.1, 0.15) is 12.4 Å². The third-order valence-electron chi connectivity index (χ3n) is 1.86. The molecule has 8 heteroatoms. The summed E-state index contributed by atoms with van der Waals surface area (Å²) in [5, 5.41) is 6.91. The molecule has 84 valence electrons. The smallest absolute Gasteiger partial charge is 0.302 e. The average molecular weight is 227 g/mol. The Hall–Kier alpha value is -2.12. The summed E-state index contributed by atoms with van der Waals surface area (Å²) in [6.07, 6.45) is 1.28. The SMILES string of the molecule is O=C(c1cn(Cc2ncc[nH]2)nn1)C(F)F. The van der Waals surface area contributed by atoms with Crippen LogP contribution in [0.2, 0.25) is 0 Å². The first-order chi connectivity index (χ1) is 7.66. The topological polar surface area (TPSA) is 76.5 Å². The predicted octanol–water partition coefficient (Wildman–Crippen LogP) is 0.497. The number of carbonyl (C=O) groups is 1. The van der Waals surface area contributed by atoms with Crippen LogP contribution in [0, 0.1) is 0 Å². The highest BCUT2D eigenvalue weighted by molar-refractivity contribution is 5.96. The van der Waals surface area contributed by atoms with Crippen LogP contribution in [-0.2, 0) is 6.54 Å². The summed E-state index contributed by atoms with van der Waals surface area (Å²) < 4.78 is 25.4. The maximum absolute atomic E-state index is 12.1. The number of imidazole rings is 1. The molecule has 2 rings (SSSR count). The van der Waals surface area contributed by atoms with Crippen LogP contribution in [0.1, 0.15) is 16.3 Å². The predicted molar refractivity (Wildman–Crippen MR) is 48.0 cm³/mol. The van der Waals surface area contributed by atoms with Gasteiger partial charge in [0.2, 0.25) is 0 Å². The third-order valence-corrected chi connectivity index (χ3v) is 1.86. The van der Waals surface area contributed by atoms with Gasteiger partial charge in [0, 0.05) is 12.4 Å².